The zero-order valence-electron chi connectivity index (χ0n) is 12.4. The van der Waals surface area contributed by atoms with Crippen molar-refractivity contribution >= 4 is 11.7 Å². The van der Waals surface area contributed by atoms with Crippen molar-refractivity contribution in [2.24, 2.45) is 11.7 Å². The Hall–Kier alpha value is -1.69. The maximum Gasteiger partial charge on any atom is 0.273 e. The SMILES string of the molecule is CC(N)C1CCN(c2ccc(C(=O)N(C)C)nn2)CC1. The summed E-state index contributed by atoms with van der Waals surface area (Å²) in [6, 6.07) is 3.86. The third kappa shape index (κ3) is 3.25. The van der Waals surface area contributed by atoms with Crippen molar-refractivity contribution in [1.29, 1.82) is 0 Å². The van der Waals surface area contributed by atoms with Crippen LogP contribution in [0, 0.1) is 5.92 Å². The molecule has 110 valence electrons. The van der Waals surface area contributed by atoms with Crippen LogP contribution in [0.2, 0.25) is 0 Å². The Labute approximate surface area is 120 Å². The molecule has 2 heterocycles. The number of aromatic nitrogens is 2. The molecule has 1 aliphatic rings. The highest BCUT2D eigenvalue weighted by atomic mass is 16.2. The number of nitrogens with zero attached hydrogens (tertiary/aromatic N) is 4. The van der Waals surface area contributed by atoms with E-state index in [9.17, 15) is 4.79 Å². The second-order valence-electron chi connectivity index (χ2n) is 5.66. The van der Waals surface area contributed by atoms with Crippen molar-refractivity contribution in [3.63, 3.8) is 0 Å². The van der Waals surface area contributed by atoms with Gasteiger partial charge in [-0.25, -0.2) is 0 Å². The van der Waals surface area contributed by atoms with E-state index in [1.165, 1.54) is 4.90 Å². The van der Waals surface area contributed by atoms with Crippen molar-refractivity contribution < 1.29 is 4.79 Å². The van der Waals surface area contributed by atoms with E-state index in [2.05, 4.69) is 22.0 Å². The lowest BCUT2D eigenvalue weighted by atomic mass is 9.91. The van der Waals surface area contributed by atoms with Crippen molar-refractivity contribution in [2.75, 3.05) is 32.1 Å². The largest absolute Gasteiger partial charge is 0.355 e. The lowest BCUT2D eigenvalue weighted by molar-refractivity contribution is 0.0821. The molecule has 0 aliphatic carbocycles. The van der Waals surface area contributed by atoms with Crippen LogP contribution in [0.3, 0.4) is 0 Å². The number of rotatable bonds is 3. The van der Waals surface area contributed by atoms with Gasteiger partial charge in [-0.15, -0.1) is 10.2 Å². The molecule has 0 spiro atoms. The Morgan fingerprint density at radius 3 is 2.45 bits per heavy atom. The van der Waals surface area contributed by atoms with Gasteiger partial charge in [-0.2, -0.15) is 0 Å². The summed E-state index contributed by atoms with van der Waals surface area (Å²) in [6.07, 6.45) is 2.16. The van der Waals surface area contributed by atoms with Gasteiger partial charge >= 0.3 is 0 Å². The van der Waals surface area contributed by atoms with Crippen LogP contribution < -0.4 is 10.6 Å². The summed E-state index contributed by atoms with van der Waals surface area (Å²) in [6.45, 7) is 3.96. The normalized spacial score (nSPS) is 17.9. The summed E-state index contributed by atoms with van der Waals surface area (Å²) >= 11 is 0. The Balaban J connectivity index is 1.99. The van der Waals surface area contributed by atoms with Gasteiger partial charge in [0.1, 0.15) is 0 Å². The van der Waals surface area contributed by atoms with E-state index >= 15 is 0 Å². The van der Waals surface area contributed by atoms with Crippen LogP contribution >= 0.6 is 0 Å². The molecular formula is C14H23N5O. The van der Waals surface area contributed by atoms with Gasteiger partial charge < -0.3 is 15.5 Å². The molecule has 0 aromatic carbocycles. The van der Waals surface area contributed by atoms with E-state index in [1.807, 2.05) is 6.07 Å². The van der Waals surface area contributed by atoms with Crippen LogP contribution in [0.5, 0.6) is 0 Å². The first-order chi connectivity index (χ1) is 9.49. The average molecular weight is 277 g/mol. The molecule has 1 amide bonds. The maximum absolute atomic E-state index is 11.7. The summed E-state index contributed by atoms with van der Waals surface area (Å²) in [4.78, 5) is 15.4. The monoisotopic (exact) mass is 277 g/mol. The summed E-state index contributed by atoms with van der Waals surface area (Å²) < 4.78 is 0. The molecule has 1 atom stereocenters. The fourth-order valence-electron chi connectivity index (χ4n) is 2.49. The quantitative estimate of drug-likeness (QED) is 0.882. The number of hydrogen-bond donors (Lipinski definition) is 1. The molecule has 2 rings (SSSR count). The minimum atomic E-state index is -0.125. The van der Waals surface area contributed by atoms with Gasteiger partial charge in [-0.05, 0) is 37.8 Å². The van der Waals surface area contributed by atoms with Crippen LogP contribution in [0.25, 0.3) is 0 Å². The summed E-state index contributed by atoms with van der Waals surface area (Å²) in [5, 5.41) is 8.19. The molecular weight excluding hydrogens is 254 g/mol. The van der Waals surface area contributed by atoms with Crippen molar-refractivity contribution in [2.45, 2.75) is 25.8 Å². The number of carbonyl (C=O) groups excluding carboxylic acids is 1. The smallest absolute Gasteiger partial charge is 0.273 e. The molecule has 0 saturated carbocycles. The van der Waals surface area contributed by atoms with Crippen LogP contribution in [0.15, 0.2) is 12.1 Å². The summed E-state index contributed by atoms with van der Waals surface area (Å²) in [5.41, 5.74) is 6.32. The standard InChI is InChI=1S/C14H23N5O/c1-10(15)11-6-8-19(9-7-11)13-5-4-12(16-17-13)14(20)18(2)3/h4-5,10-11H,6-9,15H2,1-3H3. The minimum absolute atomic E-state index is 0.125. The molecule has 1 saturated heterocycles. The third-order valence-electron chi connectivity index (χ3n) is 3.88. The first kappa shape index (κ1) is 14.7. The highest BCUT2D eigenvalue weighted by Gasteiger charge is 2.23. The molecule has 1 aromatic rings. The van der Waals surface area contributed by atoms with Gasteiger partial charge in [0.25, 0.3) is 5.91 Å². The highest BCUT2D eigenvalue weighted by molar-refractivity contribution is 5.91. The molecule has 2 N–H and O–H groups in total. The van der Waals surface area contributed by atoms with Gasteiger partial charge in [0, 0.05) is 33.2 Å². The van der Waals surface area contributed by atoms with Gasteiger partial charge in [0.15, 0.2) is 11.5 Å². The molecule has 1 aromatic heterocycles. The van der Waals surface area contributed by atoms with E-state index in [1.54, 1.807) is 20.2 Å². The molecule has 20 heavy (non-hydrogen) atoms. The molecule has 1 fully saturated rings. The Morgan fingerprint density at radius 1 is 1.35 bits per heavy atom. The maximum atomic E-state index is 11.7. The van der Waals surface area contributed by atoms with E-state index in [4.69, 9.17) is 5.73 Å². The van der Waals surface area contributed by atoms with Gasteiger partial charge in [0.05, 0.1) is 0 Å². The topological polar surface area (TPSA) is 75.3 Å². The number of nitrogens with two attached hydrogens (primary N) is 1. The second kappa shape index (κ2) is 6.17. The highest BCUT2D eigenvalue weighted by Crippen LogP contribution is 2.23. The van der Waals surface area contributed by atoms with Crippen LogP contribution in [0.1, 0.15) is 30.3 Å². The zero-order chi connectivity index (χ0) is 14.7. The first-order valence-electron chi connectivity index (χ1n) is 7.05. The number of amides is 1. The van der Waals surface area contributed by atoms with E-state index in [-0.39, 0.29) is 11.9 Å². The van der Waals surface area contributed by atoms with E-state index < -0.39 is 0 Å². The van der Waals surface area contributed by atoms with Gasteiger partial charge in [-0.1, -0.05) is 0 Å². The zero-order valence-corrected chi connectivity index (χ0v) is 12.4. The molecule has 6 heteroatoms. The van der Waals surface area contributed by atoms with Crippen LogP contribution in [-0.2, 0) is 0 Å². The fraction of sp³-hybridized carbons (Fsp3) is 0.643. The number of piperidine rings is 1. The second-order valence-corrected chi connectivity index (χ2v) is 5.66. The molecule has 0 bridgehead atoms. The lowest BCUT2D eigenvalue weighted by Crippen LogP contribution is -2.40. The predicted molar refractivity (Wildman–Crippen MR) is 78.6 cm³/mol. The van der Waals surface area contributed by atoms with Crippen LogP contribution in [-0.4, -0.2) is 54.2 Å². The first-order valence-corrected chi connectivity index (χ1v) is 7.05. The van der Waals surface area contributed by atoms with E-state index in [0.717, 1.165) is 31.7 Å². The molecule has 1 aliphatic heterocycles. The summed E-state index contributed by atoms with van der Waals surface area (Å²) in [5.74, 6) is 1.30. The van der Waals surface area contributed by atoms with E-state index in [0.29, 0.717) is 11.6 Å². The molecule has 1 unspecified atom stereocenters. The molecule has 6 nitrogen and oxygen atoms in total. The van der Waals surface area contributed by atoms with Crippen molar-refractivity contribution in [3.8, 4) is 0 Å². The van der Waals surface area contributed by atoms with Crippen molar-refractivity contribution in [1.82, 2.24) is 15.1 Å². The van der Waals surface area contributed by atoms with Crippen LogP contribution in [0.4, 0.5) is 5.82 Å². The third-order valence-corrected chi connectivity index (χ3v) is 3.88. The number of anilines is 1. The Morgan fingerprint density at radius 2 is 2.00 bits per heavy atom. The van der Waals surface area contributed by atoms with Crippen molar-refractivity contribution in [3.05, 3.63) is 17.8 Å². The predicted octanol–water partition coefficient (Wildman–Crippen LogP) is 0.742. The number of carbonyl (C=O) groups is 1. The molecule has 0 radical (unpaired) electrons. The summed E-state index contributed by atoms with van der Waals surface area (Å²) in [7, 11) is 3.41. The number of hydrogen-bond acceptors (Lipinski definition) is 5. The van der Waals surface area contributed by atoms with Gasteiger partial charge in [-0.3, -0.25) is 4.79 Å². The van der Waals surface area contributed by atoms with Gasteiger partial charge in [0.2, 0.25) is 0 Å². The minimum Gasteiger partial charge on any atom is -0.355 e. The Bertz CT molecular complexity index is 449. The average Bonchev–Trinajstić information content (AvgIpc) is 2.46. The lowest BCUT2D eigenvalue weighted by Gasteiger charge is -2.34. The fourth-order valence-corrected chi connectivity index (χ4v) is 2.49. The Kier molecular flexibility index (Phi) is 4.54.